The van der Waals surface area contributed by atoms with E-state index in [9.17, 15) is 8.42 Å². The van der Waals surface area contributed by atoms with Crippen LogP contribution in [0.25, 0.3) is 5.70 Å². The molecule has 16 heavy (non-hydrogen) atoms. The molecule has 1 aromatic carbocycles. The molecule has 5 heteroatoms. The fourth-order valence-electron chi connectivity index (χ4n) is 1.17. The molecule has 0 bridgehead atoms. The van der Waals surface area contributed by atoms with Gasteiger partial charge < -0.3 is 5.43 Å². The van der Waals surface area contributed by atoms with E-state index in [2.05, 4.69) is 16.8 Å². The Balaban J connectivity index is 2.54. The van der Waals surface area contributed by atoms with Gasteiger partial charge in [-0.15, -0.1) is 4.83 Å². The van der Waals surface area contributed by atoms with Crippen LogP contribution in [0.15, 0.2) is 36.9 Å². The van der Waals surface area contributed by atoms with Crippen LogP contribution in [0.2, 0.25) is 0 Å². The fourth-order valence-corrected chi connectivity index (χ4v) is 2.09. The summed E-state index contributed by atoms with van der Waals surface area (Å²) in [5.41, 5.74) is 3.97. The number of hydrogen-bond acceptors (Lipinski definition) is 3. The van der Waals surface area contributed by atoms with Crippen LogP contribution in [0.4, 0.5) is 0 Å². The molecule has 0 radical (unpaired) electrons. The van der Waals surface area contributed by atoms with Gasteiger partial charge in [-0.3, -0.25) is 0 Å². The Hall–Kier alpha value is -1.33. The second kappa shape index (κ2) is 5.67. The molecule has 0 amide bonds. The summed E-state index contributed by atoms with van der Waals surface area (Å²) in [5, 5.41) is 0. The lowest BCUT2D eigenvalue weighted by Crippen LogP contribution is -2.37. The van der Waals surface area contributed by atoms with Crippen LogP contribution < -0.4 is 10.3 Å². The second-order valence-corrected chi connectivity index (χ2v) is 5.23. The average molecular weight is 240 g/mol. The van der Waals surface area contributed by atoms with Crippen molar-refractivity contribution in [2.75, 3.05) is 5.75 Å². The number of hydrogen-bond donors (Lipinski definition) is 2. The quantitative estimate of drug-likeness (QED) is 0.741. The van der Waals surface area contributed by atoms with Gasteiger partial charge in [0.25, 0.3) is 0 Å². The fraction of sp³-hybridized carbons (Fsp3) is 0.273. The van der Waals surface area contributed by atoms with Crippen LogP contribution in [-0.2, 0) is 10.0 Å². The van der Waals surface area contributed by atoms with Crippen molar-refractivity contribution in [2.24, 2.45) is 0 Å². The highest BCUT2D eigenvalue weighted by Gasteiger charge is 2.07. The van der Waals surface area contributed by atoms with Gasteiger partial charge in [0.2, 0.25) is 10.0 Å². The maximum Gasteiger partial charge on any atom is 0.228 e. The molecule has 0 fully saturated rings. The van der Waals surface area contributed by atoms with E-state index in [1.807, 2.05) is 37.3 Å². The Kier molecular flexibility index (Phi) is 4.52. The van der Waals surface area contributed by atoms with Crippen molar-refractivity contribution in [3.8, 4) is 0 Å². The van der Waals surface area contributed by atoms with Crippen molar-refractivity contribution in [2.45, 2.75) is 13.3 Å². The van der Waals surface area contributed by atoms with Crippen LogP contribution in [-0.4, -0.2) is 14.2 Å². The molecule has 0 atom stereocenters. The SMILES string of the molecule is C=C(NNS(=O)(=O)CCC)c1ccccc1. The van der Waals surface area contributed by atoms with E-state index < -0.39 is 10.0 Å². The predicted molar refractivity (Wildman–Crippen MR) is 65.8 cm³/mol. The number of sulfonamides is 1. The second-order valence-electron chi connectivity index (χ2n) is 3.39. The molecule has 0 aliphatic rings. The van der Waals surface area contributed by atoms with Crippen LogP contribution in [0.3, 0.4) is 0 Å². The Morgan fingerprint density at radius 3 is 2.50 bits per heavy atom. The molecule has 0 aliphatic carbocycles. The molecule has 0 aliphatic heterocycles. The summed E-state index contributed by atoms with van der Waals surface area (Å²) in [6, 6.07) is 9.32. The first-order valence-corrected chi connectivity index (χ1v) is 6.70. The van der Waals surface area contributed by atoms with E-state index in [-0.39, 0.29) is 5.75 Å². The van der Waals surface area contributed by atoms with E-state index in [1.54, 1.807) is 0 Å². The van der Waals surface area contributed by atoms with Gasteiger partial charge in [-0.1, -0.05) is 43.8 Å². The molecular formula is C11H16N2O2S. The van der Waals surface area contributed by atoms with Gasteiger partial charge in [0.05, 0.1) is 5.75 Å². The summed E-state index contributed by atoms with van der Waals surface area (Å²) in [7, 11) is -3.26. The van der Waals surface area contributed by atoms with E-state index in [0.717, 1.165) is 5.56 Å². The van der Waals surface area contributed by atoms with Gasteiger partial charge in [0.15, 0.2) is 0 Å². The first kappa shape index (κ1) is 12.7. The number of benzene rings is 1. The summed E-state index contributed by atoms with van der Waals surface area (Å²) in [6.07, 6.45) is 0.578. The minimum atomic E-state index is -3.26. The largest absolute Gasteiger partial charge is 0.308 e. The van der Waals surface area contributed by atoms with Crippen LogP contribution in [0, 0.1) is 0 Å². The third kappa shape index (κ3) is 4.04. The molecule has 2 N–H and O–H groups in total. The lowest BCUT2D eigenvalue weighted by Gasteiger charge is -2.10. The maximum atomic E-state index is 11.4. The zero-order valence-corrected chi connectivity index (χ0v) is 10.0. The third-order valence-electron chi connectivity index (χ3n) is 1.95. The monoisotopic (exact) mass is 240 g/mol. The molecule has 88 valence electrons. The van der Waals surface area contributed by atoms with Gasteiger partial charge in [-0.25, -0.2) is 8.42 Å². The molecule has 4 nitrogen and oxygen atoms in total. The van der Waals surface area contributed by atoms with Crippen molar-refractivity contribution >= 4 is 15.7 Å². The highest BCUT2D eigenvalue weighted by molar-refractivity contribution is 7.89. The number of nitrogens with one attached hydrogen (secondary N) is 2. The molecule has 0 heterocycles. The van der Waals surface area contributed by atoms with Crippen molar-refractivity contribution < 1.29 is 8.42 Å². The predicted octanol–water partition coefficient (Wildman–Crippen LogP) is 1.49. The van der Waals surface area contributed by atoms with E-state index >= 15 is 0 Å². The molecule has 0 saturated heterocycles. The minimum Gasteiger partial charge on any atom is -0.308 e. The number of rotatable bonds is 6. The lowest BCUT2D eigenvalue weighted by molar-refractivity contribution is 0.574. The Morgan fingerprint density at radius 2 is 1.94 bits per heavy atom. The normalized spacial score (nSPS) is 11.1. The van der Waals surface area contributed by atoms with Gasteiger partial charge >= 0.3 is 0 Å². The van der Waals surface area contributed by atoms with E-state index in [0.29, 0.717) is 12.1 Å². The molecule has 0 saturated carbocycles. The smallest absolute Gasteiger partial charge is 0.228 e. The van der Waals surface area contributed by atoms with Crippen molar-refractivity contribution in [1.82, 2.24) is 10.3 Å². The highest BCUT2D eigenvalue weighted by Crippen LogP contribution is 2.07. The minimum absolute atomic E-state index is 0.0993. The molecular weight excluding hydrogens is 224 g/mol. The van der Waals surface area contributed by atoms with Crippen LogP contribution in [0.1, 0.15) is 18.9 Å². The first-order chi connectivity index (χ1) is 7.55. The van der Waals surface area contributed by atoms with Crippen molar-refractivity contribution in [1.29, 1.82) is 0 Å². The molecule has 1 rings (SSSR count). The Labute approximate surface area is 96.4 Å². The van der Waals surface area contributed by atoms with Crippen LogP contribution in [0.5, 0.6) is 0 Å². The molecule has 0 unspecified atom stereocenters. The summed E-state index contributed by atoms with van der Waals surface area (Å²) >= 11 is 0. The van der Waals surface area contributed by atoms with E-state index in [4.69, 9.17) is 0 Å². The van der Waals surface area contributed by atoms with Gasteiger partial charge in [-0.05, 0) is 12.0 Å². The van der Waals surface area contributed by atoms with Crippen molar-refractivity contribution in [3.63, 3.8) is 0 Å². The van der Waals surface area contributed by atoms with Gasteiger partial charge in [0.1, 0.15) is 0 Å². The topological polar surface area (TPSA) is 58.2 Å². The highest BCUT2D eigenvalue weighted by atomic mass is 32.2. The summed E-state index contributed by atoms with van der Waals surface area (Å²) in [6.45, 7) is 5.56. The standard InChI is InChI=1S/C11H16N2O2S/c1-3-9-16(14,15)13-12-10(2)11-7-5-4-6-8-11/h4-8,12-13H,2-3,9H2,1H3. The lowest BCUT2D eigenvalue weighted by atomic mass is 10.2. The molecule has 0 spiro atoms. The summed E-state index contributed by atoms with van der Waals surface area (Å²) < 4.78 is 22.7. The Morgan fingerprint density at radius 1 is 1.31 bits per heavy atom. The summed E-state index contributed by atoms with van der Waals surface area (Å²) in [4.78, 5) is 2.28. The van der Waals surface area contributed by atoms with Gasteiger partial charge in [0, 0.05) is 5.70 Å². The number of hydrazine groups is 1. The molecule has 0 aromatic heterocycles. The zero-order chi connectivity index (χ0) is 12.0. The Bertz CT molecular complexity index is 440. The van der Waals surface area contributed by atoms with Crippen LogP contribution >= 0.6 is 0 Å². The third-order valence-corrected chi connectivity index (χ3v) is 3.31. The van der Waals surface area contributed by atoms with Gasteiger partial charge in [-0.2, -0.15) is 0 Å². The summed E-state index contributed by atoms with van der Waals surface area (Å²) in [5.74, 6) is 0.0993. The zero-order valence-electron chi connectivity index (χ0n) is 9.23. The van der Waals surface area contributed by atoms with E-state index in [1.165, 1.54) is 0 Å². The average Bonchev–Trinajstić information content (AvgIpc) is 2.27. The first-order valence-electron chi connectivity index (χ1n) is 5.05. The van der Waals surface area contributed by atoms with Crippen molar-refractivity contribution in [3.05, 3.63) is 42.5 Å². The molecule has 1 aromatic rings. The maximum absolute atomic E-state index is 11.4.